The first-order valence-corrected chi connectivity index (χ1v) is 7.89. The second-order valence-electron chi connectivity index (χ2n) is 7.23. The van der Waals surface area contributed by atoms with Gasteiger partial charge in [0.15, 0.2) is 5.78 Å². The average molecular weight is 301 g/mol. The molecule has 0 heterocycles. The lowest BCUT2D eigenvalue weighted by atomic mass is 9.48. The molecule has 4 heteroatoms. The van der Waals surface area contributed by atoms with Crippen molar-refractivity contribution in [2.24, 2.45) is 23.2 Å². The molecule has 0 saturated heterocycles. The quantitative estimate of drug-likeness (QED) is 0.666. The zero-order chi connectivity index (χ0) is 13.5. The van der Waals surface area contributed by atoms with E-state index in [1.807, 2.05) is 6.92 Å². The first-order chi connectivity index (χ1) is 9.13. The van der Waals surface area contributed by atoms with Crippen molar-refractivity contribution in [1.82, 2.24) is 5.32 Å². The predicted octanol–water partition coefficient (Wildman–Crippen LogP) is -0.600. The molecule has 1 unspecified atom stereocenters. The molecule has 4 fully saturated rings. The molecule has 0 aromatic carbocycles. The van der Waals surface area contributed by atoms with Gasteiger partial charge in [0.2, 0.25) is 0 Å². The van der Waals surface area contributed by atoms with Crippen LogP contribution < -0.4 is 17.7 Å². The van der Waals surface area contributed by atoms with Crippen molar-refractivity contribution in [2.75, 3.05) is 20.3 Å². The number of ketones is 1. The van der Waals surface area contributed by atoms with Crippen molar-refractivity contribution in [3.63, 3.8) is 0 Å². The predicted molar refractivity (Wildman–Crippen MR) is 75.0 cm³/mol. The highest BCUT2D eigenvalue weighted by Crippen LogP contribution is 2.60. The van der Waals surface area contributed by atoms with Crippen LogP contribution in [0.15, 0.2) is 0 Å². The molecular formula is C16H27ClNO2-. The summed E-state index contributed by atoms with van der Waals surface area (Å²) in [5.74, 6) is 3.03. The minimum Gasteiger partial charge on any atom is -1.00 e. The number of rotatable bonds is 6. The summed E-state index contributed by atoms with van der Waals surface area (Å²) < 4.78 is 5.05. The molecule has 116 valence electrons. The second-order valence-corrected chi connectivity index (χ2v) is 7.23. The Bertz CT molecular complexity index is 323. The number of ether oxygens (including phenoxy) is 1. The third-order valence-electron chi connectivity index (χ3n) is 5.71. The van der Waals surface area contributed by atoms with E-state index in [9.17, 15) is 4.79 Å². The molecule has 0 spiro atoms. The number of carbonyl (C=O) groups is 1. The summed E-state index contributed by atoms with van der Waals surface area (Å²) in [6.45, 7) is 3.49. The fraction of sp³-hybridized carbons (Fsp3) is 0.938. The van der Waals surface area contributed by atoms with Crippen molar-refractivity contribution in [1.29, 1.82) is 0 Å². The van der Waals surface area contributed by atoms with E-state index >= 15 is 0 Å². The highest BCUT2D eigenvalue weighted by molar-refractivity contribution is 5.89. The Morgan fingerprint density at radius 1 is 1.20 bits per heavy atom. The summed E-state index contributed by atoms with van der Waals surface area (Å²) in [5, 5.41) is 3.33. The number of hydrogen-bond donors (Lipinski definition) is 1. The summed E-state index contributed by atoms with van der Waals surface area (Å²) in [5.41, 5.74) is 0.0360. The van der Waals surface area contributed by atoms with Gasteiger partial charge in [-0.1, -0.05) is 0 Å². The maximum absolute atomic E-state index is 12.9. The molecule has 0 aromatic rings. The van der Waals surface area contributed by atoms with Crippen molar-refractivity contribution < 1.29 is 21.9 Å². The van der Waals surface area contributed by atoms with E-state index in [0.29, 0.717) is 12.4 Å². The Morgan fingerprint density at radius 3 is 2.15 bits per heavy atom. The second kappa shape index (κ2) is 6.33. The molecule has 0 amide bonds. The zero-order valence-corrected chi connectivity index (χ0v) is 13.4. The minimum absolute atomic E-state index is 0. The lowest BCUT2D eigenvalue weighted by Crippen LogP contribution is -3.00. The lowest BCUT2D eigenvalue weighted by molar-refractivity contribution is -0.145. The van der Waals surface area contributed by atoms with E-state index in [2.05, 4.69) is 5.32 Å². The van der Waals surface area contributed by atoms with Gasteiger partial charge in [-0.15, -0.1) is 0 Å². The molecule has 4 aliphatic carbocycles. The number of carbonyl (C=O) groups excluding carboxylic acids is 1. The van der Waals surface area contributed by atoms with Gasteiger partial charge in [0.1, 0.15) is 0 Å². The monoisotopic (exact) mass is 300 g/mol. The number of hydrogen-bond acceptors (Lipinski definition) is 3. The van der Waals surface area contributed by atoms with Gasteiger partial charge in [-0.05, 0) is 63.2 Å². The van der Waals surface area contributed by atoms with Gasteiger partial charge in [-0.25, -0.2) is 0 Å². The topological polar surface area (TPSA) is 38.3 Å². The lowest BCUT2D eigenvalue weighted by Gasteiger charge is -2.56. The Hall–Kier alpha value is -0.120. The van der Waals surface area contributed by atoms with Crippen molar-refractivity contribution in [3.8, 4) is 0 Å². The SMILES string of the molecule is COCCNC(C)C(=O)C12CC3CC(CC(C3)C1)C2.[Cl-]. The Labute approximate surface area is 128 Å². The summed E-state index contributed by atoms with van der Waals surface area (Å²) in [7, 11) is 1.70. The molecule has 20 heavy (non-hydrogen) atoms. The van der Waals surface area contributed by atoms with Gasteiger partial charge >= 0.3 is 0 Å². The Kier molecular flexibility index (Phi) is 5.14. The highest BCUT2D eigenvalue weighted by Gasteiger charge is 2.54. The summed E-state index contributed by atoms with van der Waals surface area (Å²) in [6, 6.07) is -0.00796. The molecule has 4 rings (SSSR count). The molecule has 0 aliphatic heterocycles. The van der Waals surface area contributed by atoms with Crippen LogP contribution in [0.2, 0.25) is 0 Å². The van der Waals surface area contributed by atoms with Gasteiger partial charge in [0.05, 0.1) is 12.6 Å². The Balaban J connectivity index is 0.00000147. The maximum Gasteiger partial charge on any atom is 0.155 e. The highest BCUT2D eigenvalue weighted by atomic mass is 35.5. The van der Waals surface area contributed by atoms with E-state index in [4.69, 9.17) is 4.74 Å². The molecular weight excluding hydrogens is 274 g/mol. The number of methoxy groups -OCH3 is 1. The normalized spacial score (nSPS) is 39.4. The molecule has 0 aromatic heterocycles. The summed E-state index contributed by atoms with van der Waals surface area (Å²) >= 11 is 0. The van der Waals surface area contributed by atoms with E-state index in [-0.39, 0.29) is 23.9 Å². The van der Waals surface area contributed by atoms with Gasteiger partial charge in [0.25, 0.3) is 0 Å². The summed E-state index contributed by atoms with van der Waals surface area (Å²) in [6.07, 6.45) is 7.73. The van der Waals surface area contributed by atoms with E-state index < -0.39 is 0 Å². The molecule has 4 bridgehead atoms. The van der Waals surface area contributed by atoms with Crippen LogP contribution in [0.25, 0.3) is 0 Å². The largest absolute Gasteiger partial charge is 1.00 e. The number of nitrogens with one attached hydrogen (secondary N) is 1. The molecule has 1 N–H and O–H groups in total. The fourth-order valence-corrected chi connectivity index (χ4v) is 5.34. The number of Topliss-reactive ketones (excluding diaryl/α,β-unsaturated/α-hetero) is 1. The first-order valence-electron chi connectivity index (χ1n) is 7.89. The van der Waals surface area contributed by atoms with Crippen molar-refractivity contribution >= 4 is 5.78 Å². The third kappa shape index (κ3) is 2.90. The standard InChI is InChI=1S/C16H27NO2.ClH/c1-11(17-3-4-19-2)15(18)16-8-12-5-13(9-16)7-14(6-12)10-16;/h11-14,17H,3-10H2,1-2H3;1H/p-1. The Morgan fingerprint density at radius 2 is 1.70 bits per heavy atom. The van der Waals surface area contributed by atoms with Gasteiger partial charge in [-0.2, -0.15) is 0 Å². The average Bonchev–Trinajstić information content (AvgIpc) is 2.36. The number of halogens is 1. The zero-order valence-electron chi connectivity index (χ0n) is 12.7. The van der Waals surface area contributed by atoms with Crippen molar-refractivity contribution in [3.05, 3.63) is 0 Å². The van der Waals surface area contributed by atoms with Crippen LogP contribution in [0.5, 0.6) is 0 Å². The van der Waals surface area contributed by atoms with E-state index in [1.165, 1.54) is 38.5 Å². The first kappa shape index (κ1) is 16.3. The molecule has 4 aliphatic rings. The van der Waals surface area contributed by atoms with Crippen LogP contribution in [-0.2, 0) is 9.53 Å². The molecule has 3 nitrogen and oxygen atoms in total. The fourth-order valence-electron chi connectivity index (χ4n) is 5.34. The van der Waals surface area contributed by atoms with Gasteiger partial charge in [0, 0.05) is 19.1 Å². The van der Waals surface area contributed by atoms with Crippen LogP contribution in [-0.4, -0.2) is 32.1 Å². The van der Waals surface area contributed by atoms with Crippen LogP contribution >= 0.6 is 0 Å². The molecule has 0 radical (unpaired) electrons. The summed E-state index contributed by atoms with van der Waals surface area (Å²) in [4.78, 5) is 12.9. The van der Waals surface area contributed by atoms with E-state index in [1.54, 1.807) is 7.11 Å². The van der Waals surface area contributed by atoms with Crippen LogP contribution in [0.1, 0.15) is 45.4 Å². The van der Waals surface area contributed by atoms with Crippen LogP contribution in [0.3, 0.4) is 0 Å². The van der Waals surface area contributed by atoms with E-state index in [0.717, 1.165) is 24.3 Å². The maximum atomic E-state index is 12.9. The smallest absolute Gasteiger partial charge is 0.155 e. The van der Waals surface area contributed by atoms with Gasteiger partial charge < -0.3 is 22.5 Å². The van der Waals surface area contributed by atoms with Crippen molar-refractivity contribution in [2.45, 2.75) is 51.5 Å². The van der Waals surface area contributed by atoms with Gasteiger partial charge in [-0.3, -0.25) is 4.79 Å². The third-order valence-corrected chi connectivity index (χ3v) is 5.71. The molecule has 1 atom stereocenters. The van der Waals surface area contributed by atoms with Crippen LogP contribution in [0, 0.1) is 23.2 Å². The van der Waals surface area contributed by atoms with Crippen LogP contribution in [0.4, 0.5) is 0 Å². The minimum atomic E-state index is -0.00796. The molecule has 4 saturated carbocycles.